The van der Waals surface area contributed by atoms with Gasteiger partial charge in [0.1, 0.15) is 6.61 Å². The summed E-state index contributed by atoms with van der Waals surface area (Å²) in [4.78, 5) is 16.7. The smallest absolute Gasteiger partial charge is 0.410 e. The van der Waals surface area contributed by atoms with Crippen LogP contribution in [0.25, 0.3) is 0 Å². The highest BCUT2D eigenvalue weighted by Gasteiger charge is 2.37. The molecule has 5 nitrogen and oxygen atoms in total. The van der Waals surface area contributed by atoms with Crippen molar-refractivity contribution in [1.29, 1.82) is 0 Å². The van der Waals surface area contributed by atoms with Crippen LogP contribution in [0.5, 0.6) is 0 Å². The first-order valence-electron chi connectivity index (χ1n) is 8.60. The van der Waals surface area contributed by atoms with Crippen molar-refractivity contribution in [3.8, 4) is 0 Å². The van der Waals surface area contributed by atoms with Crippen molar-refractivity contribution in [1.82, 2.24) is 9.80 Å². The number of benzene rings is 1. The normalized spacial score (nSPS) is 21.3. The Morgan fingerprint density at radius 1 is 1.26 bits per heavy atom. The largest absolute Gasteiger partial charge is 0.445 e. The number of carbonyl (C=O) groups excluding carboxylic acids is 1. The lowest BCUT2D eigenvalue weighted by atomic mass is 10.2. The van der Waals surface area contributed by atoms with Crippen molar-refractivity contribution >= 4 is 6.09 Å². The Balaban J connectivity index is 1.54. The van der Waals surface area contributed by atoms with Crippen LogP contribution in [0.1, 0.15) is 31.2 Å². The number of amides is 1. The predicted octanol–water partition coefficient (Wildman–Crippen LogP) is 2.24. The Kier molecular flexibility index (Phi) is 5.51. The molecule has 126 valence electrons. The van der Waals surface area contributed by atoms with E-state index in [0.29, 0.717) is 25.2 Å². The van der Waals surface area contributed by atoms with Crippen molar-refractivity contribution in [2.75, 3.05) is 26.2 Å². The van der Waals surface area contributed by atoms with Crippen LogP contribution >= 0.6 is 0 Å². The molecular formula is C18H26N2O3. The van der Waals surface area contributed by atoms with E-state index in [-0.39, 0.29) is 12.7 Å². The van der Waals surface area contributed by atoms with Gasteiger partial charge in [-0.05, 0) is 37.8 Å². The third-order valence-electron chi connectivity index (χ3n) is 4.72. The van der Waals surface area contributed by atoms with Crippen molar-refractivity contribution < 1.29 is 14.6 Å². The fourth-order valence-electron chi connectivity index (χ4n) is 3.31. The SMILES string of the molecule is O=C(OCc1ccccc1)N(C[C@@H]1CCCN1CCO)C1CC1. The topological polar surface area (TPSA) is 53.0 Å². The zero-order chi connectivity index (χ0) is 16.1. The molecule has 0 radical (unpaired) electrons. The van der Waals surface area contributed by atoms with Crippen molar-refractivity contribution in [2.24, 2.45) is 0 Å². The van der Waals surface area contributed by atoms with Gasteiger partial charge < -0.3 is 14.7 Å². The summed E-state index contributed by atoms with van der Waals surface area (Å²) in [5.41, 5.74) is 1.01. The number of carbonyl (C=O) groups is 1. The zero-order valence-electron chi connectivity index (χ0n) is 13.6. The molecular weight excluding hydrogens is 292 g/mol. The van der Waals surface area contributed by atoms with Crippen molar-refractivity contribution in [3.05, 3.63) is 35.9 Å². The van der Waals surface area contributed by atoms with Gasteiger partial charge in [0.05, 0.1) is 6.61 Å². The van der Waals surface area contributed by atoms with Gasteiger partial charge in [0.2, 0.25) is 0 Å². The molecule has 1 N–H and O–H groups in total. The van der Waals surface area contributed by atoms with Crippen molar-refractivity contribution in [3.63, 3.8) is 0 Å². The summed E-state index contributed by atoms with van der Waals surface area (Å²) in [7, 11) is 0. The highest BCUT2D eigenvalue weighted by molar-refractivity contribution is 5.68. The van der Waals surface area contributed by atoms with Gasteiger partial charge in [-0.2, -0.15) is 0 Å². The summed E-state index contributed by atoms with van der Waals surface area (Å²) in [6.07, 6.45) is 4.18. The van der Waals surface area contributed by atoms with Crippen LogP contribution in [0.3, 0.4) is 0 Å². The Hall–Kier alpha value is -1.59. The lowest BCUT2D eigenvalue weighted by Gasteiger charge is -2.30. The van der Waals surface area contributed by atoms with E-state index in [1.54, 1.807) is 0 Å². The van der Waals surface area contributed by atoms with Crippen LogP contribution in [0.4, 0.5) is 4.79 Å². The monoisotopic (exact) mass is 318 g/mol. The number of hydrogen-bond donors (Lipinski definition) is 1. The van der Waals surface area contributed by atoms with Gasteiger partial charge in [0, 0.05) is 25.2 Å². The molecule has 0 bridgehead atoms. The number of nitrogens with zero attached hydrogens (tertiary/aromatic N) is 2. The molecule has 0 unspecified atom stereocenters. The van der Waals surface area contributed by atoms with E-state index < -0.39 is 0 Å². The van der Waals surface area contributed by atoms with E-state index in [1.165, 1.54) is 0 Å². The number of ether oxygens (including phenoxy) is 1. The highest BCUT2D eigenvalue weighted by Crippen LogP contribution is 2.29. The van der Waals surface area contributed by atoms with Crippen LogP contribution in [-0.4, -0.2) is 59.3 Å². The molecule has 1 aromatic carbocycles. The molecule has 2 aliphatic rings. The molecule has 1 saturated carbocycles. The summed E-state index contributed by atoms with van der Waals surface area (Å²) in [5, 5.41) is 9.17. The first kappa shape index (κ1) is 16.3. The van der Waals surface area contributed by atoms with E-state index >= 15 is 0 Å². The molecule has 1 amide bonds. The molecule has 5 heteroatoms. The first-order chi connectivity index (χ1) is 11.3. The zero-order valence-corrected chi connectivity index (χ0v) is 13.6. The molecule has 0 spiro atoms. The van der Waals surface area contributed by atoms with Gasteiger partial charge >= 0.3 is 6.09 Å². The molecule has 1 aliphatic carbocycles. The van der Waals surface area contributed by atoms with Gasteiger partial charge in [0.15, 0.2) is 0 Å². The average Bonchev–Trinajstić information content (AvgIpc) is 3.33. The van der Waals surface area contributed by atoms with Crippen LogP contribution < -0.4 is 0 Å². The summed E-state index contributed by atoms with van der Waals surface area (Å²) in [6, 6.07) is 10.5. The molecule has 23 heavy (non-hydrogen) atoms. The second-order valence-electron chi connectivity index (χ2n) is 6.48. The molecule has 1 aromatic rings. The molecule has 1 aliphatic heterocycles. The highest BCUT2D eigenvalue weighted by atomic mass is 16.6. The van der Waals surface area contributed by atoms with Crippen molar-refractivity contribution in [2.45, 2.75) is 44.4 Å². The van der Waals surface area contributed by atoms with Crippen LogP contribution in [0.15, 0.2) is 30.3 Å². The van der Waals surface area contributed by atoms with Crippen LogP contribution in [0.2, 0.25) is 0 Å². The summed E-state index contributed by atoms with van der Waals surface area (Å²) in [6.45, 7) is 2.94. The number of hydrogen-bond acceptors (Lipinski definition) is 4. The Morgan fingerprint density at radius 3 is 2.74 bits per heavy atom. The first-order valence-corrected chi connectivity index (χ1v) is 8.60. The van der Waals surface area contributed by atoms with E-state index in [2.05, 4.69) is 4.90 Å². The Morgan fingerprint density at radius 2 is 2.04 bits per heavy atom. The van der Waals surface area contributed by atoms with E-state index in [4.69, 9.17) is 4.74 Å². The maximum Gasteiger partial charge on any atom is 0.410 e. The summed E-state index contributed by atoms with van der Waals surface area (Å²) in [5.74, 6) is 0. The Labute approximate surface area is 137 Å². The fourth-order valence-corrected chi connectivity index (χ4v) is 3.31. The van der Waals surface area contributed by atoms with E-state index in [0.717, 1.165) is 44.3 Å². The lowest BCUT2D eigenvalue weighted by molar-refractivity contribution is 0.0795. The van der Waals surface area contributed by atoms with Gasteiger partial charge in [-0.1, -0.05) is 30.3 Å². The second kappa shape index (κ2) is 7.79. The van der Waals surface area contributed by atoms with Gasteiger partial charge in [0.25, 0.3) is 0 Å². The standard InChI is InChI=1S/C18H26N2O3/c21-12-11-19-10-4-7-17(19)13-20(16-8-9-16)18(22)23-14-15-5-2-1-3-6-15/h1-3,5-6,16-17,21H,4,7-14H2/t17-/m0/s1. The lowest BCUT2D eigenvalue weighted by Crippen LogP contribution is -2.45. The van der Waals surface area contributed by atoms with E-state index in [9.17, 15) is 9.90 Å². The molecule has 3 rings (SSSR count). The van der Waals surface area contributed by atoms with Gasteiger partial charge in [-0.15, -0.1) is 0 Å². The number of aliphatic hydroxyl groups is 1. The van der Waals surface area contributed by atoms with Gasteiger partial charge in [-0.25, -0.2) is 4.79 Å². The minimum atomic E-state index is -0.202. The number of likely N-dealkylation sites (tertiary alicyclic amines) is 1. The molecule has 1 atom stereocenters. The number of β-amino-alcohol motifs (C(OH)–C–C–N with tert-alkyl or cyclic N) is 1. The quantitative estimate of drug-likeness (QED) is 0.838. The maximum atomic E-state index is 12.5. The van der Waals surface area contributed by atoms with Crippen LogP contribution in [0, 0.1) is 0 Å². The molecule has 1 heterocycles. The summed E-state index contributed by atoms with van der Waals surface area (Å²) < 4.78 is 5.52. The maximum absolute atomic E-state index is 12.5. The average molecular weight is 318 g/mol. The minimum absolute atomic E-state index is 0.179. The molecule has 0 aromatic heterocycles. The third kappa shape index (κ3) is 4.45. The Bertz CT molecular complexity index is 504. The minimum Gasteiger partial charge on any atom is -0.445 e. The second-order valence-corrected chi connectivity index (χ2v) is 6.48. The number of aliphatic hydroxyl groups excluding tert-OH is 1. The number of rotatable bonds is 7. The third-order valence-corrected chi connectivity index (χ3v) is 4.72. The van der Waals surface area contributed by atoms with E-state index in [1.807, 2.05) is 35.2 Å². The predicted molar refractivity (Wildman–Crippen MR) is 88.0 cm³/mol. The molecule has 1 saturated heterocycles. The summed E-state index contributed by atoms with van der Waals surface area (Å²) >= 11 is 0. The molecule has 2 fully saturated rings. The fraction of sp³-hybridized carbons (Fsp3) is 0.611. The van der Waals surface area contributed by atoms with Gasteiger partial charge in [-0.3, -0.25) is 4.90 Å². The van der Waals surface area contributed by atoms with Crippen LogP contribution in [-0.2, 0) is 11.3 Å².